The first kappa shape index (κ1) is 12.7. The Morgan fingerprint density at radius 3 is 2.07 bits per heavy atom. The van der Waals surface area contributed by atoms with Crippen molar-refractivity contribution in [3.63, 3.8) is 0 Å². The number of hydrogen-bond donors (Lipinski definition) is 0. The van der Waals surface area contributed by atoms with Crippen LogP contribution < -0.4 is 0 Å². The molecule has 0 bridgehead atoms. The van der Waals surface area contributed by atoms with Crippen molar-refractivity contribution in [1.82, 2.24) is 0 Å². The van der Waals surface area contributed by atoms with Gasteiger partial charge in [-0.1, -0.05) is 0 Å². The van der Waals surface area contributed by atoms with E-state index in [9.17, 15) is 0 Å². The van der Waals surface area contributed by atoms with Gasteiger partial charge in [0.25, 0.3) is 0 Å². The summed E-state index contributed by atoms with van der Waals surface area (Å²) in [6.45, 7) is 7.98. The fourth-order valence-electron chi connectivity index (χ4n) is 2.96. The summed E-state index contributed by atoms with van der Waals surface area (Å²) in [4.78, 5) is 5.25. The molecule has 1 heterocycles. The zero-order valence-electron chi connectivity index (χ0n) is 10.6. The first-order valence-electron chi connectivity index (χ1n) is 6.24. The van der Waals surface area contributed by atoms with Gasteiger partial charge in [-0.2, -0.15) is 0 Å². The first-order chi connectivity index (χ1) is 6.54. The van der Waals surface area contributed by atoms with Crippen LogP contribution in [0.1, 0.15) is 27.2 Å². The first-order valence-corrected chi connectivity index (χ1v) is 16.0. The summed E-state index contributed by atoms with van der Waals surface area (Å²) in [5.74, 6) is 0. The van der Waals surface area contributed by atoms with Crippen LogP contribution in [0.4, 0.5) is 0 Å². The topological polar surface area (TPSA) is 0 Å². The van der Waals surface area contributed by atoms with E-state index in [1.807, 2.05) is 11.0 Å². The number of rotatable bonds is 4. The van der Waals surface area contributed by atoms with Crippen molar-refractivity contribution in [2.24, 2.45) is 0 Å². The molecule has 0 amide bonds. The molecule has 0 saturated heterocycles. The maximum absolute atomic E-state index is 2.62. The van der Waals surface area contributed by atoms with Crippen LogP contribution in [0.2, 0.25) is 31.4 Å². The Hall–Kier alpha value is 0.604. The summed E-state index contributed by atoms with van der Waals surface area (Å²) in [6.07, 6.45) is 4.04. The molecule has 1 aliphatic rings. The molecule has 1 aliphatic heterocycles. The molecule has 1 rings (SSSR count). The van der Waals surface area contributed by atoms with Crippen molar-refractivity contribution >= 4 is 25.1 Å². The van der Waals surface area contributed by atoms with Gasteiger partial charge in [0.15, 0.2) is 0 Å². The van der Waals surface area contributed by atoms with Crippen LogP contribution in [0.25, 0.3) is 0 Å². The SMILES string of the molecule is CCB(CC)C1=C(CC)[CH2][Sn]([CH3])([CH3])[CH2]1. The van der Waals surface area contributed by atoms with Crippen molar-refractivity contribution in [3.05, 3.63) is 11.0 Å². The van der Waals surface area contributed by atoms with Gasteiger partial charge in [0, 0.05) is 0 Å². The summed E-state index contributed by atoms with van der Waals surface area (Å²) >= 11 is -1.57. The molecular formula is C12H25BSn. The summed E-state index contributed by atoms with van der Waals surface area (Å²) in [5.41, 5.74) is 3.76. The summed E-state index contributed by atoms with van der Waals surface area (Å²) in [7, 11) is 0. The minimum atomic E-state index is -1.57. The normalized spacial score (nSPS) is 20.4. The molecule has 0 spiro atoms. The second kappa shape index (κ2) is 5.09. The number of hydrogen-bond acceptors (Lipinski definition) is 0. The van der Waals surface area contributed by atoms with Crippen LogP contribution in [0.15, 0.2) is 11.0 Å². The molecule has 0 N–H and O–H groups in total. The van der Waals surface area contributed by atoms with Gasteiger partial charge in [-0.05, 0) is 0 Å². The Morgan fingerprint density at radius 1 is 1.07 bits per heavy atom. The molecule has 80 valence electrons. The van der Waals surface area contributed by atoms with E-state index in [1.54, 1.807) is 8.87 Å². The van der Waals surface area contributed by atoms with Crippen LogP contribution in [-0.4, -0.2) is 25.1 Å². The van der Waals surface area contributed by atoms with Crippen LogP contribution in [0.5, 0.6) is 0 Å². The van der Waals surface area contributed by atoms with Gasteiger partial charge in [0.2, 0.25) is 0 Å². The molecule has 0 nitrogen and oxygen atoms in total. The molecule has 2 heteroatoms. The maximum atomic E-state index is 2.62. The van der Waals surface area contributed by atoms with Crippen molar-refractivity contribution in [2.75, 3.05) is 0 Å². The molecule has 0 aromatic carbocycles. The monoisotopic (exact) mass is 300 g/mol. The molecule has 0 aromatic heterocycles. The molecule has 0 unspecified atom stereocenters. The fourth-order valence-corrected chi connectivity index (χ4v) is 12.5. The Balaban J connectivity index is 2.83. The summed E-state index contributed by atoms with van der Waals surface area (Å²) in [5, 5.41) is 0. The van der Waals surface area contributed by atoms with Gasteiger partial charge in [0.1, 0.15) is 0 Å². The predicted molar refractivity (Wildman–Crippen MR) is 71.1 cm³/mol. The third-order valence-electron chi connectivity index (χ3n) is 3.72. The zero-order chi connectivity index (χ0) is 10.8. The Bertz CT molecular complexity index is 226. The van der Waals surface area contributed by atoms with E-state index in [1.165, 1.54) is 19.1 Å². The van der Waals surface area contributed by atoms with Crippen LogP contribution in [0, 0.1) is 0 Å². The van der Waals surface area contributed by atoms with E-state index < -0.39 is 18.4 Å². The third kappa shape index (κ3) is 2.80. The third-order valence-corrected chi connectivity index (χ3v) is 11.5. The van der Waals surface area contributed by atoms with E-state index >= 15 is 0 Å². The van der Waals surface area contributed by atoms with Gasteiger partial charge in [-0.3, -0.25) is 0 Å². The molecular weight excluding hydrogens is 274 g/mol. The van der Waals surface area contributed by atoms with Crippen LogP contribution in [-0.2, 0) is 0 Å². The molecule has 0 aliphatic carbocycles. The van der Waals surface area contributed by atoms with E-state index in [-0.39, 0.29) is 0 Å². The Kier molecular flexibility index (Phi) is 4.61. The van der Waals surface area contributed by atoms with Gasteiger partial charge < -0.3 is 0 Å². The van der Waals surface area contributed by atoms with Crippen molar-refractivity contribution in [1.29, 1.82) is 0 Å². The van der Waals surface area contributed by atoms with E-state index in [2.05, 4.69) is 30.7 Å². The second-order valence-corrected chi connectivity index (χ2v) is 19.9. The molecule has 0 radical (unpaired) electrons. The van der Waals surface area contributed by atoms with Crippen molar-refractivity contribution in [3.8, 4) is 0 Å². The molecule has 14 heavy (non-hydrogen) atoms. The van der Waals surface area contributed by atoms with E-state index in [0.29, 0.717) is 0 Å². The molecule has 0 atom stereocenters. The average Bonchev–Trinajstić information content (AvgIpc) is 2.44. The zero-order valence-corrected chi connectivity index (χ0v) is 13.5. The number of allylic oxidation sites excluding steroid dienone is 2. The van der Waals surface area contributed by atoms with Gasteiger partial charge in [-0.15, -0.1) is 0 Å². The van der Waals surface area contributed by atoms with E-state index in [0.717, 1.165) is 6.71 Å². The van der Waals surface area contributed by atoms with Gasteiger partial charge in [0.05, 0.1) is 0 Å². The molecule has 0 saturated carbocycles. The predicted octanol–water partition coefficient (Wildman–Crippen LogP) is 4.49. The van der Waals surface area contributed by atoms with Crippen molar-refractivity contribution in [2.45, 2.75) is 58.6 Å². The standard InChI is InChI=1S/C10H19B.2CH3.Sn/c1-6-9(4)10(5)11(7-2)8-3;;;/h4-8H2,1-3H3;2*1H3;. The van der Waals surface area contributed by atoms with Gasteiger partial charge in [-0.25, -0.2) is 0 Å². The Morgan fingerprint density at radius 2 is 1.64 bits per heavy atom. The fraction of sp³-hybridized carbons (Fsp3) is 0.833. The van der Waals surface area contributed by atoms with Crippen LogP contribution in [0.3, 0.4) is 0 Å². The Labute approximate surface area is 94.5 Å². The summed E-state index contributed by atoms with van der Waals surface area (Å²) in [6, 6.07) is 0. The summed E-state index contributed by atoms with van der Waals surface area (Å²) < 4.78 is 3.11. The second-order valence-electron chi connectivity index (χ2n) is 5.51. The molecule has 0 fully saturated rings. The van der Waals surface area contributed by atoms with Crippen molar-refractivity contribution < 1.29 is 0 Å². The van der Waals surface area contributed by atoms with Crippen LogP contribution >= 0.6 is 0 Å². The van der Waals surface area contributed by atoms with Gasteiger partial charge >= 0.3 is 94.7 Å². The quantitative estimate of drug-likeness (QED) is 0.671. The molecule has 0 aromatic rings. The van der Waals surface area contributed by atoms with E-state index in [4.69, 9.17) is 0 Å². The minimum absolute atomic E-state index is 0.920. The average molecular weight is 299 g/mol.